The molecule has 0 saturated heterocycles. The summed E-state index contributed by atoms with van der Waals surface area (Å²) < 4.78 is 4.84. The van der Waals surface area contributed by atoms with Crippen molar-refractivity contribution in [2.75, 3.05) is 33.3 Å². The van der Waals surface area contributed by atoms with Gasteiger partial charge >= 0.3 is 5.97 Å². The van der Waals surface area contributed by atoms with Crippen LogP contribution in [0, 0.1) is 0 Å². The number of hydrogen-bond donors (Lipinski definition) is 1. The molecular weight excluding hydrogens is 208 g/mol. The van der Waals surface area contributed by atoms with Crippen molar-refractivity contribution in [3.05, 3.63) is 0 Å². The number of amides is 1. The number of carbonyl (C=O) groups excluding carboxylic acids is 2. The Labute approximate surface area is 97.1 Å². The van der Waals surface area contributed by atoms with Crippen LogP contribution in [0.1, 0.15) is 26.7 Å². The highest BCUT2D eigenvalue weighted by atomic mass is 16.5. The SMILES string of the molecule is CCCN(CCC(=O)OCC)CC(=O)NC. The fourth-order valence-corrected chi connectivity index (χ4v) is 1.35. The van der Waals surface area contributed by atoms with Crippen LogP contribution in [-0.4, -0.2) is 50.1 Å². The monoisotopic (exact) mass is 230 g/mol. The van der Waals surface area contributed by atoms with Crippen LogP contribution in [0.4, 0.5) is 0 Å². The largest absolute Gasteiger partial charge is 0.466 e. The number of ether oxygens (including phenoxy) is 1. The lowest BCUT2D eigenvalue weighted by Crippen LogP contribution is -2.37. The normalized spacial score (nSPS) is 10.2. The molecule has 1 N–H and O–H groups in total. The summed E-state index contributed by atoms with van der Waals surface area (Å²) >= 11 is 0. The fourth-order valence-electron chi connectivity index (χ4n) is 1.35. The summed E-state index contributed by atoms with van der Waals surface area (Å²) in [4.78, 5) is 24.3. The molecule has 94 valence electrons. The summed E-state index contributed by atoms with van der Waals surface area (Å²) in [7, 11) is 1.61. The van der Waals surface area contributed by atoms with Gasteiger partial charge in [-0.2, -0.15) is 0 Å². The number of esters is 1. The van der Waals surface area contributed by atoms with E-state index in [1.165, 1.54) is 0 Å². The van der Waals surface area contributed by atoms with E-state index in [-0.39, 0.29) is 11.9 Å². The lowest BCUT2D eigenvalue weighted by molar-refractivity contribution is -0.143. The second-order valence-electron chi connectivity index (χ2n) is 3.50. The number of hydrogen-bond acceptors (Lipinski definition) is 4. The van der Waals surface area contributed by atoms with Crippen LogP contribution in [0.3, 0.4) is 0 Å². The lowest BCUT2D eigenvalue weighted by Gasteiger charge is -2.19. The highest BCUT2D eigenvalue weighted by molar-refractivity contribution is 5.77. The Balaban J connectivity index is 3.92. The molecule has 0 rings (SSSR count). The average molecular weight is 230 g/mol. The van der Waals surface area contributed by atoms with Crippen molar-refractivity contribution in [1.82, 2.24) is 10.2 Å². The van der Waals surface area contributed by atoms with Crippen molar-refractivity contribution < 1.29 is 14.3 Å². The second-order valence-corrected chi connectivity index (χ2v) is 3.50. The smallest absolute Gasteiger partial charge is 0.307 e. The molecule has 0 bridgehead atoms. The number of rotatable bonds is 8. The van der Waals surface area contributed by atoms with E-state index in [0.717, 1.165) is 13.0 Å². The summed E-state index contributed by atoms with van der Waals surface area (Å²) in [5.74, 6) is -0.238. The first-order valence-corrected chi connectivity index (χ1v) is 5.72. The minimum Gasteiger partial charge on any atom is -0.466 e. The van der Waals surface area contributed by atoms with E-state index in [1.807, 2.05) is 11.8 Å². The molecule has 0 aliphatic rings. The van der Waals surface area contributed by atoms with Gasteiger partial charge in [-0.25, -0.2) is 0 Å². The standard InChI is InChI=1S/C11H22N2O3/c1-4-7-13(9-10(14)12-3)8-6-11(15)16-5-2/h4-9H2,1-3H3,(H,12,14). The van der Waals surface area contributed by atoms with Gasteiger partial charge in [0.2, 0.25) is 5.91 Å². The molecule has 1 amide bonds. The topological polar surface area (TPSA) is 58.6 Å². The Morgan fingerprint density at radius 3 is 2.44 bits per heavy atom. The van der Waals surface area contributed by atoms with Crippen molar-refractivity contribution in [1.29, 1.82) is 0 Å². The molecule has 5 heteroatoms. The number of carbonyl (C=O) groups is 2. The van der Waals surface area contributed by atoms with Crippen LogP contribution >= 0.6 is 0 Å². The van der Waals surface area contributed by atoms with Crippen LogP contribution in [0.5, 0.6) is 0 Å². The first kappa shape index (κ1) is 14.9. The minimum absolute atomic E-state index is 0.0303. The molecule has 16 heavy (non-hydrogen) atoms. The van der Waals surface area contributed by atoms with E-state index in [2.05, 4.69) is 5.32 Å². The van der Waals surface area contributed by atoms with Gasteiger partial charge < -0.3 is 10.1 Å². The van der Waals surface area contributed by atoms with Crippen LogP contribution < -0.4 is 5.32 Å². The zero-order valence-corrected chi connectivity index (χ0v) is 10.4. The number of nitrogens with one attached hydrogen (secondary N) is 1. The first-order valence-electron chi connectivity index (χ1n) is 5.72. The van der Waals surface area contributed by atoms with Crippen LogP contribution in [-0.2, 0) is 14.3 Å². The number of nitrogens with zero attached hydrogens (tertiary/aromatic N) is 1. The molecule has 0 aromatic rings. The molecule has 0 aliphatic heterocycles. The molecule has 0 radical (unpaired) electrons. The van der Waals surface area contributed by atoms with Crippen molar-refractivity contribution in [2.45, 2.75) is 26.7 Å². The first-order chi connectivity index (χ1) is 7.63. The summed E-state index contributed by atoms with van der Waals surface area (Å²) in [6, 6.07) is 0. The Morgan fingerprint density at radius 1 is 1.25 bits per heavy atom. The minimum atomic E-state index is -0.208. The maximum absolute atomic E-state index is 11.2. The lowest BCUT2D eigenvalue weighted by atomic mass is 10.3. The maximum Gasteiger partial charge on any atom is 0.307 e. The molecule has 0 fully saturated rings. The Hall–Kier alpha value is -1.10. The van der Waals surface area contributed by atoms with Gasteiger partial charge in [-0.3, -0.25) is 14.5 Å². The van der Waals surface area contributed by atoms with Crippen molar-refractivity contribution in [2.24, 2.45) is 0 Å². The van der Waals surface area contributed by atoms with E-state index in [9.17, 15) is 9.59 Å². The third-order valence-corrected chi connectivity index (χ3v) is 2.12. The van der Waals surface area contributed by atoms with Crippen molar-refractivity contribution >= 4 is 11.9 Å². The fraction of sp³-hybridized carbons (Fsp3) is 0.818. The van der Waals surface area contributed by atoms with Crippen LogP contribution in [0.2, 0.25) is 0 Å². The molecule has 0 aromatic heterocycles. The predicted octanol–water partition coefficient (Wildman–Crippen LogP) is 0.398. The summed E-state index contributed by atoms with van der Waals surface area (Å²) in [5.41, 5.74) is 0. The maximum atomic E-state index is 11.2. The molecule has 0 spiro atoms. The van der Waals surface area contributed by atoms with E-state index in [0.29, 0.717) is 26.1 Å². The van der Waals surface area contributed by atoms with Crippen molar-refractivity contribution in [3.8, 4) is 0 Å². The molecule has 0 aromatic carbocycles. The molecule has 5 nitrogen and oxygen atoms in total. The zero-order valence-electron chi connectivity index (χ0n) is 10.4. The van der Waals surface area contributed by atoms with Gasteiger partial charge in [-0.05, 0) is 19.9 Å². The second kappa shape index (κ2) is 9.15. The van der Waals surface area contributed by atoms with E-state index in [4.69, 9.17) is 4.74 Å². The molecule has 0 atom stereocenters. The Kier molecular flexibility index (Phi) is 8.52. The van der Waals surface area contributed by atoms with E-state index >= 15 is 0 Å². The molecule has 0 aliphatic carbocycles. The predicted molar refractivity (Wildman–Crippen MR) is 62.0 cm³/mol. The van der Waals surface area contributed by atoms with Gasteiger partial charge in [0.25, 0.3) is 0 Å². The van der Waals surface area contributed by atoms with Gasteiger partial charge in [-0.1, -0.05) is 6.92 Å². The Morgan fingerprint density at radius 2 is 1.94 bits per heavy atom. The van der Waals surface area contributed by atoms with Gasteiger partial charge in [0, 0.05) is 13.6 Å². The van der Waals surface area contributed by atoms with Crippen molar-refractivity contribution in [3.63, 3.8) is 0 Å². The van der Waals surface area contributed by atoms with E-state index in [1.54, 1.807) is 14.0 Å². The van der Waals surface area contributed by atoms with Crippen LogP contribution in [0.15, 0.2) is 0 Å². The molecular formula is C11H22N2O3. The zero-order chi connectivity index (χ0) is 12.4. The van der Waals surface area contributed by atoms with Gasteiger partial charge in [0.1, 0.15) is 0 Å². The third-order valence-electron chi connectivity index (χ3n) is 2.12. The van der Waals surface area contributed by atoms with Gasteiger partial charge in [-0.15, -0.1) is 0 Å². The summed E-state index contributed by atoms with van der Waals surface area (Å²) in [6.07, 6.45) is 1.30. The summed E-state index contributed by atoms with van der Waals surface area (Å²) in [6.45, 7) is 5.95. The summed E-state index contributed by atoms with van der Waals surface area (Å²) in [5, 5.41) is 2.57. The molecule has 0 saturated carbocycles. The molecule has 0 unspecified atom stereocenters. The van der Waals surface area contributed by atoms with E-state index < -0.39 is 0 Å². The third kappa shape index (κ3) is 7.23. The highest BCUT2D eigenvalue weighted by Crippen LogP contribution is 1.96. The van der Waals surface area contributed by atoms with Gasteiger partial charge in [0.15, 0.2) is 0 Å². The average Bonchev–Trinajstić information content (AvgIpc) is 2.26. The number of likely N-dealkylation sites (N-methyl/N-ethyl adjacent to an activating group) is 1. The molecule has 0 heterocycles. The Bertz CT molecular complexity index is 219. The quantitative estimate of drug-likeness (QED) is 0.613. The van der Waals surface area contributed by atoms with Gasteiger partial charge in [0.05, 0.1) is 19.6 Å². The van der Waals surface area contributed by atoms with Crippen LogP contribution in [0.25, 0.3) is 0 Å². The highest BCUT2D eigenvalue weighted by Gasteiger charge is 2.11.